The lowest BCUT2D eigenvalue weighted by Gasteiger charge is -2.18. The third-order valence-electron chi connectivity index (χ3n) is 15.1. The van der Waals surface area contributed by atoms with Crippen LogP contribution in [0.15, 0.2) is 36.5 Å². The summed E-state index contributed by atoms with van der Waals surface area (Å²) in [6.07, 6.45) is 78.7. The van der Waals surface area contributed by atoms with Crippen molar-refractivity contribution < 1.29 is 28.6 Å². The number of unbranched alkanes of at least 4 members (excludes halogenated alkanes) is 45. The van der Waals surface area contributed by atoms with Crippen molar-refractivity contribution in [3.8, 4) is 0 Å². The van der Waals surface area contributed by atoms with Gasteiger partial charge in [0.2, 0.25) is 0 Å². The van der Waals surface area contributed by atoms with Crippen molar-refractivity contribution in [1.82, 2.24) is 0 Å². The predicted molar refractivity (Wildman–Crippen MR) is 326 cm³/mol. The van der Waals surface area contributed by atoms with E-state index < -0.39 is 6.10 Å². The van der Waals surface area contributed by atoms with Crippen LogP contribution in [-0.4, -0.2) is 37.2 Å². The van der Waals surface area contributed by atoms with E-state index in [0.29, 0.717) is 19.3 Å². The summed E-state index contributed by atoms with van der Waals surface area (Å²) in [6.45, 7) is 6.67. The van der Waals surface area contributed by atoms with Gasteiger partial charge in [0.15, 0.2) is 6.10 Å². The monoisotopic (exact) mass is 1050 g/mol. The molecular weight excluding hydrogens is 925 g/mol. The third-order valence-corrected chi connectivity index (χ3v) is 15.1. The minimum atomic E-state index is -0.776. The number of esters is 3. The fraction of sp³-hybridized carbons (Fsp3) is 0.870. The molecule has 0 radical (unpaired) electrons. The number of rotatable bonds is 62. The first-order valence-electron chi connectivity index (χ1n) is 33.5. The average Bonchev–Trinajstić information content (AvgIpc) is 3.41. The number of allylic oxidation sites excluding steroid dienone is 6. The van der Waals surface area contributed by atoms with Crippen molar-refractivity contribution in [3.05, 3.63) is 36.5 Å². The summed E-state index contributed by atoms with van der Waals surface area (Å²) < 4.78 is 17.0. The minimum Gasteiger partial charge on any atom is -0.462 e. The van der Waals surface area contributed by atoms with E-state index in [2.05, 4.69) is 57.2 Å². The van der Waals surface area contributed by atoms with E-state index in [1.54, 1.807) is 0 Å². The molecular formula is C69H128O6. The van der Waals surface area contributed by atoms with Gasteiger partial charge in [-0.15, -0.1) is 0 Å². The molecule has 0 spiro atoms. The van der Waals surface area contributed by atoms with Gasteiger partial charge in [-0.3, -0.25) is 14.4 Å². The highest BCUT2D eigenvalue weighted by atomic mass is 16.6. The minimum absolute atomic E-state index is 0.0720. The molecule has 0 saturated heterocycles. The van der Waals surface area contributed by atoms with Crippen molar-refractivity contribution >= 4 is 17.9 Å². The summed E-state index contributed by atoms with van der Waals surface area (Å²) in [4.78, 5) is 38.3. The van der Waals surface area contributed by atoms with Crippen molar-refractivity contribution in [2.75, 3.05) is 13.2 Å². The first-order valence-corrected chi connectivity index (χ1v) is 33.5. The summed E-state index contributed by atoms with van der Waals surface area (Å²) in [5, 5.41) is 0. The summed E-state index contributed by atoms with van der Waals surface area (Å²) in [5.41, 5.74) is 0. The van der Waals surface area contributed by atoms with Gasteiger partial charge >= 0.3 is 17.9 Å². The molecule has 75 heavy (non-hydrogen) atoms. The van der Waals surface area contributed by atoms with Gasteiger partial charge in [0.05, 0.1) is 0 Å². The fourth-order valence-electron chi connectivity index (χ4n) is 10.1. The van der Waals surface area contributed by atoms with Gasteiger partial charge in [-0.05, 0) is 57.8 Å². The van der Waals surface area contributed by atoms with Crippen LogP contribution in [0, 0.1) is 0 Å². The molecule has 1 unspecified atom stereocenters. The highest BCUT2D eigenvalue weighted by Crippen LogP contribution is 2.18. The molecule has 0 aliphatic rings. The standard InChI is InChI=1S/C69H128O6/c1-4-7-10-13-16-19-22-25-28-30-32-33-34-35-36-38-39-41-44-47-50-53-56-59-62-68(71)74-65-66(64-73-67(70)61-58-55-52-49-46-43-27-24-21-18-15-12-9-6-3)75-69(72)63-60-57-54-51-48-45-42-40-37-31-29-26-23-20-17-14-11-8-5-2/h17,20,26,29,37,40,66H,4-16,18-19,21-25,27-28,30-36,38-39,41-65H2,1-3H3/b20-17-,29-26-,40-37-. The molecule has 6 nitrogen and oxygen atoms in total. The van der Waals surface area contributed by atoms with Crippen LogP contribution in [0.1, 0.15) is 367 Å². The van der Waals surface area contributed by atoms with E-state index in [1.807, 2.05) is 0 Å². The Kier molecular flexibility index (Phi) is 62.1. The third kappa shape index (κ3) is 62.4. The first-order chi connectivity index (χ1) is 37.0. The Bertz CT molecular complexity index is 1250. The van der Waals surface area contributed by atoms with Gasteiger partial charge in [-0.25, -0.2) is 0 Å². The van der Waals surface area contributed by atoms with Crippen LogP contribution in [0.3, 0.4) is 0 Å². The Morgan fingerprint density at radius 1 is 0.267 bits per heavy atom. The number of hydrogen-bond donors (Lipinski definition) is 0. The average molecular weight is 1050 g/mol. The van der Waals surface area contributed by atoms with E-state index >= 15 is 0 Å². The maximum Gasteiger partial charge on any atom is 0.306 e. The molecule has 440 valence electrons. The van der Waals surface area contributed by atoms with Crippen LogP contribution in [-0.2, 0) is 28.6 Å². The Balaban J connectivity index is 4.28. The molecule has 1 atom stereocenters. The van der Waals surface area contributed by atoms with Crippen LogP contribution in [0.5, 0.6) is 0 Å². The molecule has 0 aliphatic heterocycles. The SMILES string of the molecule is CCCCC/C=C\C/C=C\C/C=C\CCCCCCCCC(=O)OC(COC(=O)CCCCCCCCCCCCCCCC)COC(=O)CCCCCCCCCCCCCCCCCCCCCCCCCC. The van der Waals surface area contributed by atoms with E-state index in [-0.39, 0.29) is 31.1 Å². The molecule has 0 aromatic carbocycles. The highest BCUT2D eigenvalue weighted by molar-refractivity contribution is 5.71. The zero-order valence-corrected chi connectivity index (χ0v) is 50.6. The topological polar surface area (TPSA) is 78.9 Å². The number of ether oxygens (including phenoxy) is 3. The molecule has 0 amide bonds. The van der Waals surface area contributed by atoms with Crippen molar-refractivity contribution in [2.45, 2.75) is 374 Å². The molecule has 0 N–H and O–H groups in total. The molecule has 0 fully saturated rings. The normalized spacial score (nSPS) is 12.2. The van der Waals surface area contributed by atoms with Crippen LogP contribution in [0.25, 0.3) is 0 Å². The maximum atomic E-state index is 12.9. The first kappa shape index (κ1) is 72.6. The van der Waals surface area contributed by atoms with Crippen LogP contribution in [0.4, 0.5) is 0 Å². The number of carbonyl (C=O) groups is 3. The smallest absolute Gasteiger partial charge is 0.306 e. The van der Waals surface area contributed by atoms with E-state index in [1.165, 1.54) is 250 Å². The summed E-state index contributed by atoms with van der Waals surface area (Å²) in [6, 6.07) is 0. The Morgan fingerprint density at radius 3 is 0.773 bits per heavy atom. The molecule has 0 bridgehead atoms. The van der Waals surface area contributed by atoms with Crippen molar-refractivity contribution in [2.24, 2.45) is 0 Å². The van der Waals surface area contributed by atoms with Crippen LogP contribution in [0.2, 0.25) is 0 Å². The van der Waals surface area contributed by atoms with Crippen LogP contribution >= 0.6 is 0 Å². The summed E-state index contributed by atoms with van der Waals surface area (Å²) in [5.74, 6) is -0.857. The fourth-order valence-corrected chi connectivity index (χ4v) is 10.1. The van der Waals surface area contributed by atoms with Gasteiger partial charge < -0.3 is 14.2 Å². The van der Waals surface area contributed by atoms with Gasteiger partial charge in [0.1, 0.15) is 13.2 Å². The van der Waals surface area contributed by atoms with Gasteiger partial charge in [-0.2, -0.15) is 0 Å². The maximum absolute atomic E-state index is 12.9. The lowest BCUT2D eigenvalue weighted by Crippen LogP contribution is -2.30. The highest BCUT2D eigenvalue weighted by Gasteiger charge is 2.19. The van der Waals surface area contributed by atoms with Gasteiger partial charge in [-0.1, -0.05) is 327 Å². The van der Waals surface area contributed by atoms with E-state index in [9.17, 15) is 14.4 Å². The lowest BCUT2D eigenvalue weighted by atomic mass is 10.0. The Labute approximate surface area is 467 Å². The predicted octanol–water partition coefficient (Wildman–Crippen LogP) is 22.8. The van der Waals surface area contributed by atoms with E-state index in [4.69, 9.17) is 14.2 Å². The molecule has 0 aromatic rings. The van der Waals surface area contributed by atoms with Gasteiger partial charge in [0, 0.05) is 19.3 Å². The van der Waals surface area contributed by atoms with Crippen LogP contribution < -0.4 is 0 Å². The molecule has 0 aliphatic carbocycles. The quantitative estimate of drug-likeness (QED) is 0.0261. The molecule has 0 saturated carbocycles. The number of hydrogen-bond acceptors (Lipinski definition) is 6. The zero-order chi connectivity index (χ0) is 54.3. The number of carbonyl (C=O) groups excluding carboxylic acids is 3. The molecule has 6 heteroatoms. The lowest BCUT2D eigenvalue weighted by molar-refractivity contribution is -0.167. The molecule has 0 aromatic heterocycles. The van der Waals surface area contributed by atoms with Crippen molar-refractivity contribution in [3.63, 3.8) is 0 Å². The van der Waals surface area contributed by atoms with Gasteiger partial charge in [0.25, 0.3) is 0 Å². The Hall–Kier alpha value is -2.37. The second-order valence-corrected chi connectivity index (χ2v) is 22.7. The Morgan fingerprint density at radius 2 is 0.480 bits per heavy atom. The second kappa shape index (κ2) is 64.2. The molecule has 0 heterocycles. The van der Waals surface area contributed by atoms with E-state index in [0.717, 1.165) is 77.0 Å². The molecule has 0 rings (SSSR count). The van der Waals surface area contributed by atoms with Crippen molar-refractivity contribution in [1.29, 1.82) is 0 Å². The second-order valence-electron chi connectivity index (χ2n) is 22.7. The zero-order valence-electron chi connectivity index (χ0n) is 50.6. The largest absolute Gasteiger partial charge is 0.462 e. The summed E-state index contributed by atoms with van der Waals surface area (Å²) >= 11 is 0. The summed E-state index contributed by atoms with van der Waals surface area (Å²) in [7, 11) is 0.